The fourth-order valence-corrected chi connectivity index (χ4v) is 2.23. The molecule has 0 bridgehead atoms. The highest BCUT2D eigenvalue weighted by Crippen LogP contribution is 2.26. The Bertz CT molecular complexity index is 375. The summed E-state index contributed by atoms with van der Waals surface area (Å²) in [7, 11) is 1.92. The number of hydrogen-bond donors (Lipinski definition) is 2. The number of aryl methyl sites for hydroxylation is 1. The van der Waals surface area contributed by atoms with Crippen LogP contribution in [-0.2, 0) is 11.8 Å². The zero-order chi connectivity index (χ0) is 11.5. The lowest BCUT2D eigenvalue weighted by molar-refractivity contribution is -0.142. The molecule has 1 fully saturated rings. The van der Waals surface area contributed by atoms with Gasteiger partial charge in [-0.3, -0.25) is 4.79 Å². The number of aliphatic carboxylic acids is 1. The van der Waals surface area contributed by atoms with Gasteiger partial charge in [-0.25, -0.2) is 4.98 Å². The summed E-state index contributed by atoms with van der Waals surface area (Å²) in [5, 5.41) is 12.3. The Kier molecular flexibility index (Phi) is 3.12. The van der Waals surface area contributed by atoms with Crippen LogP contribution >= 0.6 is 0 Å². The van der Waals surface area contributed by atoms with Gasteiger partial charge in [0.15, 0.2) is 0 Å². The third-order valence-electron chi connectivity index (χ3n) is 3.18. The van der Waals surface area contributed by atoms with Crippen LogP contribution in [-0.4, -0.2) is 26.7 Å². The van der Waals surface area contributed by atoms with Crippen molar-refractivity contribution in [2.75, 3.05) is 5.32 Å². The van der Waals surface area contributed by atoms with E-state index in [1.807, 2.05) is 17.8 Å². The minimum absolute atomic E-state index is 0.202. The van der Waals surface area contributed by atoms with Crippen molar-refractivity contribution in [1.29, 1.82) is 0 Å². The largest absolute Gasteiger partial charge is 0.481 e. The highest BCUT2D eigenvalue weighted by molar-refractivity contribution is 5.70. The third kappa shape index (κ3) is 2.35. The molecule has 2 N–H and O–H groups in total. The van der Waals surface area contributed by atoms with Gasteiger partial charge < -0.3 is 15.0 Å². The summed E-state index contributed by atoms with van der Waals surface area (Å²) in [6.45, 7) is 0. The van der Waals surface area contributed by atoms with E-state index >= 15 is 0 Å². The lowest BCUT2D eigenvalue weighted by Crippen LogP contribution is -2.31. The Labute approximate surface area is 94.5 Å². The summed E-state index contributed by atoms with van der Waals surface area (Å²) in [4.78, 5) is 15.1. The first-order valence-corrected chi connectivity index (χ1v) is 5.63. The molecule has 2 rings (SSSR count). The molecule has 1 heterocycles. The molecule has 0 spiro atoms. The predicted molar refractivity (Wildman–Crippen MR) is 60.2 cm³/mol. The number of anilines is 1. The second-order valence-corrected chi connectivity index (χ2v) is 4.40. The number of carbonyl (C=O) groups is 1. The number of rotatable bonds is 3. The molecule has 1 aromatic rings. The molecule has 16 heavy (non-hydrogen) atoms. The van der Waals surface area contributed by atoms with Crippen LogP contribution in [0.4, 0.5) is 5.95 Å². The van der Waals surface area contributed by atoms with Crippen LogP contribution in [0.25, 0.3) is 0 Å². The van der Waals surface area contributed by atoms with E-state index in [1.54, 1.807) is 6.20 Å². The molecule has 1 aromatic heterocycles. The standard InChI is InChI=1S/C11H17N3O2/c1-14-6-5-12-11(14)13-9-4-2-3-8(7-9)10(15)16/h5-6,8-9H,2-4,7H2,1H3,(H,12,13)(H,15,16). The van der Waals surface area contributed by atoms with E-state index in [-0.39, 0.29) is 12.0 Å². The fraction of sp³-hybridized carbons (Fsp3) is 0.636. The van der Waals surface area contributed by atoms with Crippen LogP contribution in [0, 0.1) is 5.92 Å². The van der Waals surface area contributed by atoms with E-state index in [0.717, 1.165) is 25.2 Å². The van der Waals surface area contributed by atoms with Gasteiger partial charge in [-0.2, -0.15) is 0 Å². The average molecular weight is 223 g/mol. The van der Waals surface area contributed by atoms with Crippen LogP contribution in [0.15, 0.2) is 12.4 Å². The monoisotopic (exact) mass is 223 g/mol. The maximum atomic E-state index is 10.9. The molecule has 1 saturated carbocycles. The SMILES string of the molecule is Cn1ccnc1NC1CCCC(C(=O)O)C1. The number of hydrogen-bond acceptors (Lipinski definition) is 3. The Morgan fingerprint density at radius 1 is 1.62 bits per heavy atom. The van der Waals surface area contributed by atoms with Crippen molar-refractivity contribution < 1.29 is 9.90 Å². The van der Waals surface area contributed by atoms with Gasteiger partial charge in [-0.05, 0) is 19.3 Å². The summed E-state index contributed by atoms with van der Waals surface area (Å²) >= 11 is 0. The summed E-state index contributed by atoms with van der Waals surface area (Å²) < 4.78 is 1.91. The number of aromatic nitrogens is 2. The Balaban J connectivity index is 1.95. The topological polar surface area (TPSA) is 67.2 Å². The van der Waals surface area contributed by atoms with Crippen LogP contribution in [0.3, 0.4) is 0 Å². The molecule has 0 aromatic carbocycles. The van der Waals surface area contributed by atoms with Gasteiger partial charge in [-0.1, -0.05) is 6.42 Å². The summed E-state index contributed by atoms with van der Waals surface area (Å²) in [6, 6.07) is 0.232. The van der Waals surface area contributed by atoms with E-state index < -0.39 is 5.97 Å². The Morgan fingerprint density at radius 2 is 2.44 bits per heavy atom. The van der Waals surface area contributed by atoms with E-state index in [4.69, 9.17) is 5.11 Å². The Morgan fingerprint density at radius 3 is 3.06 bits per heavy atom. The highest BCUT2D eigenvalue weighted by atomic mass is 16.4. The maximum Gasteiger partial charge on any atom is 0.306 e. The summed E-state index contributed by atoms with van der Waals surface area (Å²) in [6.07, 6.45) is 7.10. The number of carboxylic acid groups (broad SMARTS) is 1. The normalized spacial score (nSPS) is 25.3. The number of nitrogens with one attached hydrogen (secondary N) is 1. The van der Waals surface area contributed by atoms with Gasteiger partial charge in [-0.15, -0.1) is 0 Å². The van der Waals surface area contributed by atoms with Crippen molar-refractivity contribution in [1.82, 2.24) is 9.55 Å². The van der Waals surface area contributed by atoms with Crippen LogP contribution in [0.1, 0.15) is 25.7 Å². The minimum Gasteiger partial charge on any atom is -0.481 e. The quantitative estimate of drug-likeness (QED) is 0.814. The van der Waals surface area contributed by atoms with Gasteiger partial charge >= 0.3 is 5.97 Å². The average Bonchev–Trinajstić information content (AvgIpc) is 2.65. The van der Waals surface area contributed by atoms with Gasteiger partial charge in [0.25, 0.3) is 0 Å². The fourth-order valence-electron chi connectivity index (χ4n) is 2.23. The summed E-state index contributed by atoms with van der Waals surface area (Å²) in [5.74, 6) is -0.0612. The van der Waals surface area contributed by atoms with E-state index in [2.05, 4.69) is 10.3 Å². The first-order valence-electron chi connectivity index (χ1n) is 5.63. The van der Waals surface area contributed by atoms with E-state index in [1.165, 1.54) is 0 Å². The van der Waals surface area contributed by atoms with E-state index in [0.29, 0.717) is 6.42 Å². The molecule has 0 amide bonds. The first kappa shape index (κ1) is 11.0. The molecule has 5 nitrogen and oxygen atoms in total. The molecule has 0 aliphatic heterocycles. The third-order valence-corrected chi connectivity index (χ3v) is 3.18. The molecule has 88 valence electrons. The maximum absolute atomic E-state index is 10.9. The number of imidazole rings is 1. The summed E-state index contributed by atoms with van der Waals surface area (Å²) in [5.41, 5.74) is 0. The van der Waals surface area contributed by atoms with Crippen molar-refractivity contribution in [2.45, 2.75) is 31.7 Å². The lowest BCUT2D eigenvalue weighted by atomic mass is 9.86. The minimum atomic E-state index is -0.675. The smallest absolute Gasteiger partial charge is 0.306 e. The van der Waals surface area contributed by atoms with Crippen LogP contribution in [0.5, 0.6) is 0 Å². The highest BCUT2D eigenvalue weighted by Gasteiger charge is 2.27. The number of carboxylic acids is 1. The molecule has 2 unspecified atom stereocenters. The molecule has 0 radical (unpaired) electrons. The molecule has 1 aliphatic rings. The van der Waals surface area contributed by atoms with Crippen molar-refractivity contribution >= 4 is 11.9 Å². The molecular weight excluding hydrogens is 206 g/mol. The molecule has 2 atom stereocenters. The molecular formula is C11H17N3O2. The van der Waals surface area contributed by atoms with Gasteiger partial charge in [0.2, 0.25) is 5.95 Å². The van der Waals surface area contributed by atoms with Gasteiger partial charge in [0.05, 0.1) is 5.92 Å². The van der Waals surface area contributed by atoms with Crippen LogP contribution in [0.2, 0.25) is 0 Å². The van der Waals surface area contributed by atoms with Crippen LogP contribution < -0.4 is 5.32 Å². The molecule has 5 heteroatoms. The molecule has 1 aliphatic carbocycles. The van der Waals surface area contributed by atoms with Crippen molar-refractivity contribution in [3.63, 3.8) is 0 Å². The predicted octanol–water partition coefficient (Wildman–Crippen LogP) is 1.48. The Hall–Kier alpha value is -1.52. The van der Waals surface area contributed by atoms with Crippen molar-refractivity contribution in [2.24, 2.45) is 13.0 Å². The zero-order valence-corrected chi connectivity index (χ0v) is 9.39. The first-order chi connectivity index (χ1) is 7.66. The second kappa shape index (κ2) is 4.55. The van der Waals surface area contributed by atoms with Crippen molar-refractivity contribution in [3.8, 4) is 0 Å². The second-order valence-electron chi connectivity index (χ2n) is 4.40. The zero-order valence-electron chi connectivity index (χ0n) is 9.39. The number of nitrogens with zero attached hydrogens (tertiary/aromatic N) is 2. The van der Waals surface area contributed by atoms with Crippen molar-refractivity contribution in [3.05, 3.63) is 12.4 Å². The van der Waals surface area contributed by atoms with Gasteiger partial charge in [0.1, 0.15) is 0 Å². The van der Waals surface area contributed by atoms with Gasteiger partial charge in [0, 0.05) is 25.5 Å². The van der Waals surface area contributed by atoms with E-state index in [9.17, 15) is 4.79 Å². The molecule has 0 saturated heterocycles. The lowest BCUT2D eigenvalue weighted by Gasteiger charge is -2.27.